The number of nitrogens with two attached hydrogens (primary N) is 2. The number of anilines is 2. The number of fused-ring (bicyclic) bond motifs is 2. The van der Waals surface area contributed by atoms with E-state index in [-0.39, 0.29) is 0 Å². The summed E-state index contributed by atoms with van der Waals surface area (Å²) < 4.78 is 206. The first-order chi connectivity index (χ1) is 29.2. The zero-order valence-electron chi connectivity index (χ0n) is 30.8. The van der Waals surface area contributed by atoms with Crippen LogP contribution in [0.2, 0.25) is 0 Å². The normalized spacial score (nSPS) is 13.4. The fourth-order valence-corrected chi connectivity index (χ4v) is 9.97. The molecule has 0 aliphatic carbocycles. The van der Waals surface area contributed by atoms with E-state index in [2.05, 4.69) is 20.5 Å². The van der Waals surface area contributed by atoms with Gasteiger partial charge in [-0.05, 0) is 65.4 Å². The van der Waals surface area contributed by atoms with Crippen molar-refractivity contribution in [3.8, 4) is 22.6 Å². The lowest BCUT2D eigenvalue weighted by atomic mass is 10.0. The zero-order chi connectivity index (χ0) is 47.9. The summed E-state index contributed by atoms with van der Waals surface area (Å²) in [6, 6.07) is 8.44. The van der Waals surface area contributed by atoms with Crippen LogP contribution in [-0.2, 0) is 60.7 Å². The molecular weight excluding hydrogens is 981 g/mol. The summed E-state index contributed by atoms with van der Waals surface area (Å²) in [7, 11) is -31.3. The van der Waals surface area contributed by atoms with Gasteiger partial charge in [-0.25, -0.2) is 0 Å². The molecule has 64 heavy (non-hydrogen) atoms. The molecule has 0 atom stereocenters. The van der Waals surface area contributed by atoms with E-state index in [0.717, 1.165) is 24.3 Å². The summed E-state index contributed by atoms with van der Waals surface area (Å²) in [5.74, 6) is -2.03. The van der Waals surface area contributed by atoms with Gasteiger partial charge < -0.3 is 21.7 Å². The summed E-state index contributed by atoms with van der Waals surface area (Å²) in [5, 5.41) is 34.2. The lowest BCUT2D eigenvalue weighted by Crippen LogP contribution is -2.05. The molecule has 0 spiro atoms. The molecule has 0 fully saturated rings. The monoisotopic (exact) mass is 1000 g/mol. The molecule has 0 saturated carbocycles. The smallest absolute Gasteiger partial charge is 0.296 e. The Bertz CT molecular complexity index is 3570. The lowest BCUT2D eigenvalue weighted by Gasteiger charge is -2.13. The van der Waals surface area contributed by atoms with Gasteiger partial charge in [0.15, 0.2) is 5.75 Å². The van der Waals surface area contributed by atoms with Gasteiger partial charge in [0.25, 0.3) is 60.7 Å². The first kappa shape index (κ1) is 47.2. The molecule has 32 heteroatoms. The van der Waals surface area contributed by atoms with Crippen LogP contribution < -0.4 is 11.5 Å². The molecule has 0 bridgehead atoms. The van der Waals surface area contributed by atoms with E-state index < -0.39 is 168 Å². The maximum Gasteiger partial charge on any atom is 0.296 e. The van der Waals surface area contributed by atoms with Crippen molar-refractivity contribution in [2.75, 3.05) is 11.5 Å². The molecule has 0 saturated heterocycles. The van der Waals surface area contributed by atoms with Crippen LogP contribution in [0.25, 0.3) is 32.7 Å². The summed E-state index contributed by atoms with van der Waals surface area (Å²) >= 11 is 0. The fraction of sp³-hybridized carbons (Fsp3) is 0. The van der Waals surface area contributed by atoms with E-state index in [4.69, 9.17) is 11.5 Å². The van der Waals surface area contributed by atoms with Gasteiger partial charge in [0.2, 0.25) is 0 Å². The van der Waals surface area contributed by atoms with Crippen LogP contribution in [0.1, 0.15) is 0 Å². The third-order valence-corrected chi connectivity index (χ3v) is 14.0. The Balaban J connectivity index is 1.48. The highest BCUT2D eigenvalue weighted by molar-refractivity contribution is 7.87. The van der Waals surface area contributed by atoms with Gasteiger partial charge in [0, 0.05) is 33.7 Å². The quantitative estimate of drug-likeness (QED) is 0.0483. The number of nitrogens with zero attached hydrogens (tertiary/aromatic N) is 4. The molecule has 6 aromatic carbocycles. The molecule has 0 radical (unpaired) electrons. The third-order valence-electron chi connectivity index (χ3n) is 8.78. The molecule has 12 N–H and O–H groups in total. The Morgan fingerprint density at radius 3 is 1.22 bits per heavy atom. The molecule has 26 nitrogen and oxygen atoms in total. The second-order valence-electron chi connectivity index (χ2n) is 13.0. The molecule has 0 aliphatic heterocycles. The van der Waals surface area contributed by atoms with E-state index in [9.17, 15) is 88.0 Å². The minimum Gasteiger partial charge on any atom is -0.507 e. The third kappa shape index (κ3) is 9.32. The Kier molecular flexibility index (Phi) is 11.6. The van der Waals surface area contributed by atoms with E-state index in [0.29, 0.717) is 48.5 Å². The summed E-state index contributed by atoms with van der Waals surface area (Å²) in [5.41, 5.74) is 6.20. The SMILES string of the molecule is Nc1cc(S(=O)(=O)O)cc2cc(S(=O)(=O)O)c(N=Nc3ccc(-c4ccc(N=Nc5c(S(=O)(=O)O)cc6cc(S(=O)(=O)O)cc(O)c6c5N)cc4S(=O)(=O)O)c(S(=O)(=O)O)c3)c(O)c12. The Labute approximate surface area is 359 Å². The van der Waals surface area contributed by atoms with Gasteiger partial charge in [-0.15, -0.1) is 10.2 Å². The second kappa shape index (κ2) is 15.7. The molecule has 0 amide bonds. The van der Waals surface area contributed by atoms with Crippen molar-refractivity contribution in [1.29, 1.82) is 0 Å². The number of aromatic hydroxyl groups is 2. The van der Waals surface area contributed by atoms with Crippen molar-refractivity contribution in [2.24, 2.45) is 20.5 Å². The first-order valence-electron chi connectivity index (χ1n) is 16.3. The largest absolute Gasteiger partial charge is 0.507 e. The summed E-state index contributed by atoms with van der Waals surface area (Å²) in [6.45, 7) is 0. The number of nitrogen functional groups attached to an aromatic ring is 2. The molecule has 6 rings (SSSR count). The molecule has 0 aliphatic rings. The van der Waals surface area contributed by atoms with Crippen LogP contribution in [0.3, 0.4) is 0 Å². The van der Waals surface area contributed by atoms with E-state index in [1.165, 1.54) is 0 Å². The number of phenolic OH excluding ortho intramolecular Hbond substituents is 2. The number of azo groups is 2. The minimum absolute atomic E-state index is 0.433. The van der Waals surface area contributed by atoms with Gasteiger partial charge in [0.05, 0.1) is 26.9 Å². The van der Waals surface area contributed by atoms with E-state index in [1.807, 2.05) is 0 Å². The molecular formula is C32H24N6O20S6. The van der Waals surface area contributed by atoms with Crippen LogP contribution >= 0.6 is 0 Å². The second-order valence-corrected chi connectivity index (χ2v) is 21.4. The number of benzene rings is 6. The molecule has 0 aromatic heterocycles. The van der Waals surface area contributed by atoms with Crippen molar-refractivity contribution < 1.29 is 88.0 Å². The molecule has 6 aromatic rings. The Morgan fingerprint density at radius 2 is 0.797 bits per heavy atom. The highest BCUT2D eigenvalue weighted by atomic mass is 32.2. The van der Waals surface area contributed by atoms with Crippen molar-refractivity contribution in [1.82, 2.24) is 0 Å². The van der Waals surface area contributed by atoms with Crippen LogP contribution in [0.15, 0.2) is 123 Å². The average Bonchev–Trinajstić information content (AvgIpc) is 3.14. The maximum atomic E-state index is 12.7. The maximum absolute atomic E-state index is 12.7. The minimum atomic E-state index is -5.41. The molecule has 0 unspecified atom stereocenters. The number of rotatable bonds is 11. The van der Waals surface area contributed by atoms with E-state index in [1.54, 1.807) is 0 Å². The highest BCUT2D eigenvalue weighted by Gasteiger charge is 2.28. The Hall–Kier alpha value is -6.30. The summed E-state index contributed by atoms with van der Waals surface area (Å²) in [6.07, 6.45) is 0. The van der Waals surface area contributed by atoms with Crippen molar-refractivity contribution in [2.45, 2.75) is 29.4 Å². The van der Waals surface area contributed by atoms with Crippen LogP contribution in [-0.4, -0.2) is 88.0 Å². The van der Waals surface area contributed by atoms with Crippen LogP contribution in [0.4, 0.5) is 34.1 Å². The topological polar surface area (TPSA) is 468 Å². The van der Waals surface area contributed by atoms with Crippen molar-refractivity contribution in [3.63, 3.8) is 0 Å². The number of hydrogen-bond acceptors (Lipinski definition) is 20. The first-order valence-corrected chi connectivity index (χ1v) is 25.0. The molecule has 0 heterocycles. The zero-order valence-corrected chi connectivity index (χ0v) is 35.7. The van der Waals surface area contributed by atoms with E-state index >= 15 is 0 Å². The molecule has 338 valence electrons. The van der Waals surface area contributed by atoms with Gasteiger partial charge in [-0.1, -0.05) is 12.1 Å². The lowest BCUT2D eigenvalue weighted by molar-refractivity contribution is 0.471. The van der Waals surface area contributed by atoms with Gasteiger partial charge in [-0.3, -0.25) is 27.3 Å². The number of hydrogen-bond donors (Lipinski definition) is 10. The van der Waals surface area contributed by atoms with Crippen molar-refractivity contribution in [3.05, 3.63) is 72.8 Å². The highest BCUT2D eigenvalue weighted by Crippen LogP contribution is 2.46. The van der Waals surface area contributed by atoms with Gasteiger partial charge in [0.1, 0.15) is 36.7 Å². The van der Waals surface area contributed by atoms with Crippen LogP contribution in [0, 0.1) is 0 Å². The fourth-order valence-electron chi connectivity index (χ4n) is 6.11. The van der Waals surface area contributed by atoms with Gasteiger partial charge >= 0.3 is 0 Å². The standard InChI is InChI=1S/C32H24N6O20S6/c33-21-11-17(59(41,42)43)5-13-7-26(64(56,57)58)31(32(40)27(13)21)38-36-16-2-4-20(24(10-16)62(50,51)52)19-3-1-15(9-23(19)61(47,48)49)35-37-30-25(63(53,54)55)8-14-6-18(60(44,45)46)12-22(39)28(14)29(30)34/h1-12,39-40H,33-34H2,(H,41,42,43)(H,44,45,46)(H,47,48,49)(H,50,51,52)(H,53,54,55)(H,56,57,58). The Morgan fingerprint density at radius 1 is 0.406 bits per heavy atom. The predicted molar refractivity (Wildman–Crippen MR) is 219 cm³/mol. The van der Waals surface area contributed by atoms with Crippen LogP contribution in [0.5, 0.6) is 11.5 Å². The van der Waals surface area contributed by atoms with Crippen molar-refractivity contribution >= 4 is 116 Å². The average molecular weight is 1000 g/mol. The predicted octanol–water partition coefficient (Wildman–Crippen LogP) is 4.55. The summed E-state index contributed by atoms with van der Waals surface area (Å²) in [4.78, 5) is -6.31. The number of phenols is 2. The van der Waals surface area contributed by atoms with Gasteiger partial charge in [-0.2, -0.15) is 60.7 Å².